The number of nitrogens with zero attached hydrogens (tertiary/aromatic N) is 1. The Hall–Kier alpha value is -1.86. The topological polar surface area (TPSA) is 101 Å². The molecule has 1 atom stereocenters. The van der Waals surface area contributed by atoms with E-state index < -0.39 is 16.1 Å². The van der Waals surface area contributed by atoms with E-state index in [4.69, 9.17) is 5.73 Å². The Balaban J connectivity index is 2.27. The van der Waals surface area contributed by atoms with Gasteiger partial charge in [-0.15, -0.1) is 0 Å². The third-order valence-corrected chi connectivity index (χ3v) is 4.83. The van der Waals surface area contributed by atoms with Crippen LogP contribution in [0.3, 0.4) is 0 Å². The second kappa shape index (κ2) is 6.28. The minimum atomic E-state index is -3.64. The molecule has 0 aliphatic rings. The Morgan fingerprint density at radius 1 is 1.38 bits per heavy atom. The number of aromatic amines is 1. The van der Waals surface area contributed by atoms with E-state index in [2.05, 4.69) is 14.7 Å². The highest BCUT2D eigenvalue weighted by molar-refractivity contribution is 7.89. The van der Waals surface area contributed by atoms with Crippen LogP contribution >= 0.6 is 0 Å². The molecule has 1 aromatic heterocycles. The highest BCUT2D eigenvalue weighted by Gasteiger charge is 2.22. The first-order chi connectivity index (χ1) is 9.97. The Kier molecular flexibility index (Phi) is 4.64. The lowest BCUT2D eigenvalue weighted by Gasteiger charge is -2.15. The maximum atomic E-state index is 12.4. The highest BCUT2D eigenvalue weighted by Crippen LogP contribution is 2.21. The molecule has 0 radical (unpaired) electrons. The lowest BCUT2D eigenvalue weighted by molar-refractivity contribution is 0.539. The zero-order chi connectivity index (χ0) is 15.5. The fraction of sp³-hybridized carbons (Fsp3) is 0.357. The smallest absolute Gasteiger partial charge is 0.241 e. The molecule has 0 fully saturated rings. The maximum Gasteiger partial charge on any atom is 0.241 e. The first-order valence-electron chi connectivity index (χ1n) is 6.88. The minimum absolute atomic E-state index is 0.169. The molecule has 1 unspecified atom stereocenters. The summed E-state index contributed by atoms with van der Waals surface area (Å²) >= 11 is 0. The Bertz CT molecular complexity index is 696. The second-order valence-electron chi connectivity index (χ2n) is 4.77. The van der Waals surface area contributed by atoms with E-state index in [1.54, 1.807) is 24.5 Å². The van der Waals surface area contributed by atoms with Gasteiger partial charge in [0.05, 0.1) is 10.9 Å². The van der Waals surface area contributed by atoms with Crippen LogP contribution in [0.2, 0.25) is 0 Å². The number of hydrogen-bond donors (Lipinski definition) is 3. The van der Waals surface area contributed by atoms with Crippen molar-refractivity contribution in [1.29, 1.82) is 0 Å². The molecule has 0 aliphatic heterocycles. The third kappa shape index (κ3) is 3.43. The number of nitrogens with one attached hydrogen (secondary N) is 2. The number of benzene rings is 1. The van der Waals surface area contributed by atoms with Crippen LogP contribution in [-0.4, -0.2) is 18.4 Å². The molecule has 0 saturated heterocycles. The number of rotatable bonds is 6. The van der Waals surface area contributed by atoms with Crippen LogP contribution < -0.4 is 10.5 Å². The minimum Gasteiger partial charge on any atom is -0.398 e. The van der Waals surface area contributed by atoms with Gasteiger partial charge in [-0.05, 0) is 30.5 Å². The summed E-state index contributed by atoms with van der Waals surface area (Å²) in [5, 5.41) is 0. The number of H-pyrrole nitrogens is 1. The number of nitrogens with two attached hydrogens (primary N) is 1. The van der Waals surface area contributed by atoms with Crippen molar-refractivity contribution in [1.82, 2.24) is 14.7 Å². The Morgan fingerprint density at radius 2 is 2.14 bits per heavy atom. The van der Waals surface area contributed by atoms with E-state index in [1.165, 1.54) is 6.07 Å². The molecule has 0 saturated carbocycles. The fourth-order valence-electron chi connectivity index (χ4n) is 2.12. The van der Waals surface area contributed by atoms with Gasteiger partial charge >= 0.3 is 0 Å². The van der Waals surface area contributed by atoms with E-state index in [9.17, 15) is 8.42 Å². The molecule has 1 aromatic carbocycles. The van der Waals surface area contributed by atoms with Crippen LogP contribution in [0, 0.1) is 0 Å². The van der Waals surface area contributed by atoms with Crippen molar-refractivity contribution in [3.05, 3.63) is 42.0 Å². The lowest BCUT2D eigenvalue weighted by Crippen LogP contribution is -2.29. The van der Waals surface area contributed by atoms with Crippen molar-refractivity contribution in [3.63, 3.8) is 0 Å². The molecule has 6 nitrogen and oxygen atoms in total. The van der Waals surface area contributed by atoms with Crippen molar-refractivity contribution >= 4 is 15.7 Å². The van der Waals surface area contributed by atoms with Gasteiger partial charge in [-0.25, -0.2) is 18.1 Å². The first-order valence-corrected chi connectivity index (χ1v) is 8.36. The van der Waals surface area contributed by atoms with E-state index >= 15 is 0 Å². The first kappa shape index (κ1) is 15.5. The monoisotopic (exact) mass is 308 g/mol. The normalized spacial score (nSPS) is 13.2. The van der Waals surface area contributed by atoms with E-state index in [0.29, 0.717) is 17.9 Å². The summed E-state index contributed by atoms with van der Waals surface area (Å²) in [6, 6.07) is 4.43. The molecule has 0 amide bonds. The van der Waals surface area contributed by atoms with Crippen LogP contribution in [0.15, 0.2) is 35.5 Å². The third-order valence-electron chi connectivity index (χ3n) is 3.36. The molecule has 114 valence electrons. The van der Waals surface area contributed by atoms with E-state index in [0.717, 1.165) is 12.0 Å². The van der Waals surface area contributed by atoms with Crippen molar-refractivity contribution < 1.29 is 8.42 Å². The van der Waals surface area contributed by atoms with Gasteiger partial charge in [0.15, 0.2) is 0 Å². The molecule has 21 heavy (non-hydrogen) atoms. The predicted octanol–water partition coefficient (Wildman–Crippen LogP) is 1.98. The zero-order valence-corrected chi connectivity index (χ0v) is 12.9. The summed E-state index contributed by atoms with van der Waals surface area (Å²) in [7, 11) is -3.64. The van der Waals surface area contributed by atoms with Gasteiger partial charge in [-0.2, -0.15) is 0 Å². The van der Waals surface area contributed by atoms with Gasteiger partial charge in [0.25, 0.3) is 0 Å². The largest absolute Gasteiger partial charge is 0.398 e. The number of aromatic nitrogens is 2. The molecule has 0 bridgehead atoms. The SMILES string of the molecule is CCc1ccc(S(=O)(=O)NC(CC)c2ncc[nH]2)cc1N. The summed E-state index contributed by atoms with van der Waals surface area (Å²) < 4.78 is 27.5. The Labute approximate surface area is 124 Å². The molecule has 2 rings (SSSR count). The summed E-state index contributed by atoms with van der Waals surface area (Å²) in [5.74, 6) is 0.597. The molecular formula is C14H20N4O2S. The number of sulfonamides is 1. The summed E-state index contributed by atoms with van der Waals surface area (Å²) in [6.07, 6.45) is 4.62. The summed E-state index contributed by atoms with van der Waals surface area (Å²) in [4.78, 5) is 7.20. The van der Waals surface area contributed by atoms with Crippen LogP contribution in [0.4, 0.5) is 5.69 Å². The van der Waals surface area contributed by atoms with E-state index in [1.807, 2.05) is 13.8 Å². The predicted molar refractivity (Wildman–Crippen MR) is 82.2 cm³/mol. The average Bonchev–Trinajstić information content (AvgIpc) is 2.98. The van der Waals surface area contributed by atoms with Gasteiger partial charge in [-0.3, -0.25) is 0 Å². The summed E-state index contributed by atoms with van der Waals surface area (Å²) in [6.45, 7) is 3.87. The number of imidazole rings is 1. The number of hydrogen-bond acceptors (Lipinski definition) is 4. The zero-order valence-electron chi connectivity index (χ0n) is 12.1. The van der Waals surface area contributed by atoms with Crippen LogP contribution in [-0.2, 0) is 16.4 Å². The average molecular weight is 308 g/mol. The van der Waals surface area contributed by atoms with Gasteiger partial charge in [-0.1, -0.05) is 19.9 Å². The molecule has 2 aromatic rings. The van der Waals surface area contributed by atoms with E-state index in [-0.39, 0.29) is 4.90 Å². The summed E-state index contributed by atoms with van der Waals surface area (Å²) in [5.41, 5.74) is 7.30. The van der Waals surface area contributed by atoms with Crippen molar-refractivity contribution in [3.8, 4) is 0 Å². The van der Waals surface area contributed by atoms with Crippen molar-refractivity contribution in [2.45, 2.75) is 37.6 Å². The van der Waals surface area contributed by atoms with Crippen LogP contribution in [0.5, 0.6) is 0 Å². The van der Waals surface area contributed by atoms with Crippen LogP contribution in [0.25, 0.3) is 0 Å². The maximum absolute atomic E-state index is 12.4. The van der Waals surface area contributed by atoms with Gasteiger partial charge in [0, 0.05) is 18.1 Å². The van der Waals surface area contributed by atoms with Crippen molar-refractivity contribution in [2.75, 3.05) is 5.73 Å². The van der Waals surface area contributed by atoms with Crippen molar-refractivity contribution in [2.24, 2.45) is 0 Å². The second-order valence-corrected chi connectivity index (χ2v) is 6.48. The number of aryl methyl sites for hydroxylation is 1. The quantitative estimate of drug-likeness (QED) is 0.710. The fourth-order valence-corrected chi connectivity index (χ4v) is 3.44. The Morgan fingerprint density at radius 3 is 2.67 bits per heavy atom. The van der Waals surface area contributed by atoms with Gasteiger partial charge < -0.3 is 10.7 Å². The molecular weight excluding hydrogens is 288 g/mol. The molecule has 1 heterocycles. The lowest BCUT2D eigenvalue weighted by atomic mass is 10.1. The van der Waals surface area contributed by atoms with Gasteiger partial charge in [0.2, 0.25) is 10.0 Å². The van der Waals surface area contributed by atoms with Gasteiger partial charge in [0.1, 0.15) is 5.82 Å². The number of anilines is 1. The highest BCUT2D eigenvalue weighted by atomic mass is 32.2. The molecule has 4 N–H and O–H groups in total. The van der Waals surface area contributed by atoms with Crippen LogP contribution in [0.1, 0.15) is 37.7 Å². The standard InChI is InChI=1S/C14H20N4O2S/c1-3-10-5-6-11(9-12(10)15)21(19,20)18-13(4-2)14-16-7-8-17-14/h5-9,13,18H,3-4,15H2,1-2H3,(H,16,17). The molecule has 0 aliphatic carbocycles. The number of nitrogen functional groups attached to an aromatic ring is 1. The molecule has 7 heteroatoms. The molecule has 0 spiro atoms.